The third kappa shape index (κ3) is 5.78. The normalized spacial score (nSPS) is 15.9. The van der Waals surface area contributed by atoms with E-state index >= 15 is 0 Å². The van der Waals surface area contributed by atoms with Crippen LogP contribution in [0.4, 0.5) is 0 Å². The van der Waals surface area contributed by atoms with Crippen LogP contribution < -0.4 is 9.47 Å². The number of hydrogen-bond donors (Lipinski definition) is 1. The van der Waals surface area contributed by atoms with Crippen molar-refractivity contribution in [2.24, 2.45) is 0 Å². The number of Topliss-reactive ketones (excluding diaryl/α,β-unsaturated/α-hetero) is 1. The van der Waals surface area contributed by atoms with Gasteiger partial charge in [0.1, 0.15) is 0 Å². The zero-order valence-corrected chi connectivity index (χ0v) is 20.4. The SMILES string of the molecule is CCCOc1cc(C2C(C(=O)CCc3ccccc3)=C(O)C(=O)N2CCN(C)C)ccc1OC. The van der Waals surface area contributed by atoms with Gasteiger partial charge in [-0.1, -0.05) is 43.3 Å². The Morgan fingerprint density at radius 3 is 2.50 bits per heavy atom. The Labute approximate surface area is 201 Å². The maximum absolute atomic E-state index is 13.4. The second kappa shape index (κ2) is 11.7. The summed E-state index contributed by atoms with van der Waals surface area (Å²) >= 11 is 0. The van der Waals surface area contributed by atoms with Gasteiger partial charge < -0.3 is 24.4 Å². The summed E-state index contributed by atoms with van der Waals surface area (Å²) in [5, 5.41) is 10.8. The monoisotopic (exact) mass is 466 g/mol. The lowest BCUT2D eigenvalue weighted by molar-refractivity contribution is -0.129. The van der Waals surface area contributed by atoms with Crippen LogP contribution in [-0.4, -0.2) is 67.5 Å². The van der Waals surface area contributed by atoms with Crippen LogP contribution in [0.2, 0.25) is 0 Å². The van der Waals surface area contributed by atoms with Crippen LogP contribution in [0.3, 0.4) is 0 Å². The van der Waals surface area contributed by atoms with Crippen molar-refractivity contribution >= 4 is 11.7 Å². The zero-order chi connectivity index (χ0) is 24.7. The van der Waals surface area contributed by atoms with E-state index in [1.807, 2.05) is 62.3 Å². The summed E-state index contributed by atoms with van der Waals surface area (Å²) in [6.07, 6.45) is 1.56. The Morgan fingerprint density at radius 2 is 1.85 bits per heavy atom. The van der Waals surface area contributed by atoms with Gasteiger partial charge >= 0.3 is 0 Å². The number of aliphatic hydroxyl groups excluding tert-OH is 1. The second-order valence-corrected chi connectivity index (χ2v) is 8.63. The molecular weight excluding hydrogens is 432 g/mol. The fraction of sp³-hybridized carbons (Fsp3) is 0.407. The molecule has 0 saturated heterocycles. The van der Waals surface area contributed by atoms with Gasteiger partial charge in [0, 0.05) is 19.5 Å². The first-order chi connectivity index (χ1) is 16.4. The van der Waals surface area contributed by atoms with Crippen molar-refractivity contribution in [3.05, 3.63) is 71.0 Å². The summed E-state index contributed by atoms with van der Waals surface area (Å²) in [6, 6.07) is 14.4. The molecule has 0 bridgehead atoms. The quantitative estimate of drug-likeness (QED) is 0.510. The number of amides is 1. The molecule has 1 aliphatic rings. The van der Waals surface area contributed by atoms with Gasteiger partial charge in [-0.15, -0.1) is 0 Å². The molecule has 34 heavy (non-hydrogen) atoms. The van der Waals surface area contributed by atoms with Gasteiger partial charge in [0.25, 0.3) is 5.91 Å². The highest BCUT2D eigenvalue weighted by molar-refractivity contribution is 6.09. The first kappa shape index (κ1) is 25.3. The molecule has 3 rings (SSSR count). The van der Waals surface area contributed by atoms with Crippen molar-refractivity contribution in [1.82, 2.24) is 9.80 Å². The molecule has 0 radical (unpaired) electrons. The van der Waals surface area contributed by atoms with Crippen LogP contribution >= 0.6 is 0 Å². The van der Waals surface area contributed by atoms with Gasteiger partial charge in [0.05, 0.1) is 25.3 Å². The number of ketones is 1. The zero-order valence-electron chi connectivity index (χ0n) is 20.4. The standard InChI is InChI=1S/C27H34N2O5/c1-5-17-34-23-18-20(12-14-22(23)33-4)25-24(21(30)13-11-19-9-7-6-8-10-19)26(31)27(32)29(25)16-15-28(2)3/h6-10,12,14,18,25,31H,5,11,13,15-17H2,1-4H3. The van der Waals surface area contributed by atoms with Crippen LogP contribution in [0.5, 0.6) is 11.5 Å². The fourth-order valence-electron chi connectivity index (χ4n) is 4.05. The molecule has 0 fully saturated rings. The van der Waals surface area contributed by atoms with Crippen molar-refractivity contribution < 1.29 is 24.2 Å². The molecule has 0 aliphatic carbocycles. The molecule has 0 aromatic heterocycles. The molecule has 182 valence electrons. The summed E-state index contributed by atoms with van der Waals surface area (Å²) < 4.78 is 11.3. The summed E-state index contributed by atoms with van der Waals surface area (Å²) in [7, 11) is 5.40. The van der Waals surface area contributed by atoms with Crippen molar-refractivity contribution in [2.75, 3.05) is 40.9 Å². The number of carbonyl (C=O) groups excluding carboxylic acids is 2. The third-order valence-electron chi connectivity index (χ3n) is 5.84. The van der Waals surface area contributed by atoms with Crippen LogP contribution in [0.25, 0.3) is 0 Å². The number of hydrogen-bond acceptors (Lipinski definition) is 6. The molecule has 1 atom stereocenters. The first-order valence-corrected chi connectivity index (χ1v) is 11.6. The van der Waals surface area contributed by atoms with E-state index in [4.69, 9.17) is 9.47 Å². The van der Waals surface area contributed by atoms with Gasteiger partial charge in [0.2, 0.25) is 0 Å². The van der Waals surface area contributed by atoms with Crippen LogP contribution in [0, 0.1) is 0 Å². The van der Waals surface area contributed by atoms with E-state index in [2.05, 4.69) is 0 Å². The topological polar surface area (TPSA) is 79.3 Å². The summed E-state index contributed by atoms with van der Waals surface area (Å²) in [5.41, 5.74) is 1.87. The van der Waals surface area contributed by atoms with E-state index in [-0.39, 0.29) is 17.8 Å². The molecular formula is C27H34N2O5. The highest BCUT2D eigenvalue weighted by Crippen LogP contribution is 2.41. The maximum atomic E-state index is 13.4. The van der Waals surface area contributed by atoms with Gasteiger partial charge in [-0.3, -0.25) is 9.59 Å². The molecule has 2 aromatic rings. The maximum Gasteiger partial charge on any atom is 0.290 e. The molecule has 0 spiro atoms. The molecule has 0 saturated carbocycles. The van der Waals surface area contributed by atoms with Gasteiger partial charge in [-0.2, -0.15) is 0 Å². The lowest BCUT2D eigenvalue weighted by atomic mass is 9.93. The van der Waals surface area contributed by atoms with E-state index in [0.717, 1.165) is 12.0 Å². The summed E-state index contributed by atoms with van der Waals surface area (Å²) in [6.45, 7) is 3.49. The lowest BCUT2D eigenvalue weighted by Crippen LogP contribution is -2.36. The number of methoxy groups -OCH3 is 1. The Balaban J connectivity index is 1.97. The van der Waals surface area contributed by atoms with Crippen molar-refractivity contribution in [3.8, 4) is 11.5 Å². The van der Waals surface area contributed by atoms with E-state index in [9.17, 15) is 14.7 Å². The van der Waals surface area contributed by atoms with Crippen molar-refractivity contribution in [2.45, 2.75) is 32.2 Å². The lowest BCUT2D eigenvalue weighted by Gasteiger charge is -2.28. The first-order valence-electron chi connectivity index (χ1n) is 11.6. The fourth-order valence-corrected chi connectivity index (χ4v) is 4.05. The highest BCUT2D eigenvalue weighted by atomic mass is 16.5. The largest absolute Gasteiger partial charge is 0.503 e. The number of nitrogens with zero attached hydrogens (tertiary/aromatic N) is 2. The van der Waals surface area contributed by atoms with E-state index in [1.165, 1.54) is 0 Å². The van der Waals surface area contributed by atoms with E-state index in [0.29, 0.717) is 43.2 Å². The van der Waals surface area contributed by atoms with Gasteiger partial charge in [0.15, 0.2) is 23.0 Å². The molecule has 1 heterocycles. The molecule has 1 amide bonds. The smallest absolute Gasteiger partial charge is 0.290 e. The number of aryl methyl sites for hydroxylation is 1. The van der Waals surface area contributed by atoms with Crippen LogP contribution in [0.15, 0.2) is 59.9 Å². The number of carbonyl (C=O) groups is 2. The summed E-state index contributed by atoms with van der Waals surface area (Å²) in [4.78, 5) is 29.9. The van der Waals surface area contributed by atoms with Gasteiger partial charge in [-0.25, -0.2) is 0 Å². The molecule has 2 aromatic carbocycles. The Morgan fingerprint density at radius 1 is 1.12 bits per heavy atom. The average molecular weight is 467 g/mol. The number of likely N-dealkylation sites (N-methyl/N-ethyl adjacent to an activating group) is 1. The van der Waals surface area contributed by atoms with E-state index in [1.54, 1.807) is 24.1 Å². The molecule has 1 unspecified atom stereocenters. The number of benzene rings is 2. The van der Waals surface area contributed by atoms with Crippen molar-refractivity contribution in [3.63, 3.8) is 0 Å². The molecule has 1 aliphatic heterocycles. The Kier molecular flexibility index (Phi) is 8.71. The molecule has 7 heteroatoms. The Hall–Kier alpha value is -3.32. The third-order valence-corrected chi connectivity index (χ3v) is 5.84. The van der Waals surface area contributed by atoms with Crippen molar-refractivity contribution in [1.29, 1.82) is 0 Å². The minimum absolute atomic E-state index is 0.145. The number of rotatable bonds is 12. The highest BCUT2D eigenvalue weighted by Gasteiger charge is 2.43. The molecule has 1 N–H and O–H groups in total. The van der Waals surface area contributed by atoms with Crippen LogP contribution in [0.1, 0.15) is 36.9 Å². The minimum Gasteiger partial charge on any atom is -0.503 e. The molecule has 7 nitrogen and oxygen atoms in total. The predicted molar refractivity (Wildman–Crippen MR) is 131 cm³/mol. The predicted octanol–water partition coefficient (Wildman–Crippen LogP) is 3.94. The van der Waals surface area contributed by atoms with Gasteiger partial charge in [-0.05, 0) is 50.2 Å². The summed E-state index contributed by atoms with van der Waals surface area (Å²) in [5.74, 6) is -0.106. The van der Waals surface area contributed by atoms with E-state index < -0.39 is 17.7 Å². The number of ether oxygens (including phenoxy) is 2. The second-order valence-electron chi connectivity index (χ2n) is 8.63. The average Bonchev–Trinajstić information content (AvgIpc) is 3.10. The van der Waals surface area contributed by atoms with Crippen LogP contribution in [-0.2, 0) is 16.0 Å². The minimum atomic E-state index is -0.689. The number of aliphatic hydroxyl groups is 1. The Bertz CT molecular complexity index is 1030.